The zero-order chi connectivity index (χ0) is 8.43. The van der Waals surface area contributed by atoms with Crippen molar-refractivity contribution >= 4 is 0 Å². The first kappa shape index (κ1) is 10.9. The highest BCUT2D eigenvalue weighted by Gasteiger charge is 2.04. The van der Waals surface area contributed by atoms with Gasteiger partial charge in [0.1, 0.15) is 5.75 Å². The van der Waals surface area contributed by atoms with Crippen LogP contribution in [0.3, 0.4) is 0 Å². The van der Waals surface area contributed by atoms with Gasteiger partial charge in [0.05, 0.1) is 7.11 Å². The van der Waals surface area contributed by atoms with Crippen molar-refractivity contribution < 1.29 is 4.74 Å². The Morgan fingerprint density at radius 1 is 1.25 bits per heavy atom. The molecule has 3 nitrogen and oxygen atoms in total. The summed E-state index contributed by atoms with van der Waals surface area (Å²) in [6.07, 6.45) is 1.83. The Hall–Kier alpha value is -1.09. The van der Waals surface area contributed by atoms with E-state index in [9.17, 15) is 0 Å². The molecule has 0 aromatic carbocycles. The number of pyridine rings is 1. The number of hydrogen-bond acceptors (Lipinski definition) is 3. The minimum atomic E-state index is 0. The number of aromatic nitrogens is 1. The van der Waals surface area contributed by atoms with Crippen molar-refractivity contribution in [2.75, 3.05) is 7.11 Å². The summed E-state index contributed by atoms with van der Waals surface area (Å²) in [7, 11) is 1.69. The minimum Gasteiger partial charge on any atom is -0.496 e. The Kier molecular flexibility index (Phi) is 3.70. The second-order valence-corrected chi connectivity index (χ2v) is 2.68. The molecule has 1 aromatic heterocycles. The molecule has 1 aromatic rings. The fraction of sp³-hybridized carbons (Fsp3) is 0.444. The fourth-order valence-corrected chi connectivity index (χ4v) is 1.12. The third-order valence-electron chi connectivity index (χ3n) is 1.90. The molecule has 0 unspecified atom stereocenters. The first-order chi connectivity index (χ1) is 5.16. The van der Waals surface area contributed by atoms with Gasteiger partial charge in [0, 0.05) is 23.0 Å². The van der Waals surface area contributed by atoms with E-state index in [-0.39, 0.29) is 6.15 Å². The third-order valence-corrected chi connectivity index (χ3v) is 1.90. The van der Waals surface area contributed by atoms with Crippen LogP contribution < -0.4 is 10.9 Å². The summed E-state index contributed by atoms with van der Waals surface area (Å²) in [6.45, 7) is 6.00. The lowest BCUT2D eigenvalue weighted by molar-refractivity contribution is 0.407. The Bertz CT molecular complexity index is 271. The molecule has 1 rings (SSSR count). The van der Waals surface area contributed by atoms with E-state index in [4.69, 9.17) is 4.74 Å². The number of hydrogen-bond donors (Lipinski definition) is 1. The molecule has 0 spiro atoms. The van der Waals surface area contributed by atoms with E-state index in [1.54, 1.807) is 7.11 Å². The molecule has 0 radical (unpaired) electrons. The Labute approximate surface area is 73.4 Å². The molecular weight excluding hydrogens is 152 g/mol. The molecule has 68 valence electrons. The normalized spacial score (nSPS) is 9.00. The lowest BCUT2D eigenvalue weighted by Crippen LogP contribution is -1.95. The molecule has 0 fully saturated rings. The monoisotopic (exact) mass is 168 g/mol. The molecule has 12 heavy (non-hydrogen) atoms. The Morgan fingerprint density at radius 2 is 1.83 bits per heavy atom. The van der Waals surface area contributed by atoms with E-state index in [2.05, 4.69) is 4.98 Å². The number of rotatable bonds is 1. The van der Waals surface area contributed by atoms with Gasteiger partial charge < -0.3 is 10.9 Å². The van der Waals surface area contributed by atoms with E-state index in [0.29, 0.717) is 0 Å². The highest BCUT2D eigenvalue weighted by Crippen LogP contribution is 2.22. The summed E-state index contributed by atoms with van der Waals surface area (Å²) < 4.78 is 5.22. The summed E-state index contributed by atoms with van der Waals surface area (Å²) >= 11 is 0. The van der Waals surface area contributed by atoms with Crippen LogP contribution in [0.2, 0.25) is 0 Å². The molecule has 1 heterocycles. The van der Waals surface area contributed by atoms with Crippen molar-refractivity contribution in [2.24, 2.45) is 0 Å². The molecule has 0 amide bonds. The molecule has 0 aliphatic heterocycles. The topological polar surface area (TPSA) is 57.1 Å². The van der Waals surface area contributed by atoms with Crippen LogP contribution in [-0.2, 0) is 0 Å². The van der Waals surface area contributed by atoms with Crippen molar-refractivity contribution in [2.45, 2.75) is 20.8 Å². The van der Waals surface area contributed by atoms with Crippen LogP contribution in [0.15, 0.2) is 6.20 Å². The minimum absolute atomic E-state index is 0. The molecule has 0 aliphatic rings. The smallest absolute Gasteiger partial charge is 0.128 e. The lowest BCUT2D eigenvalue weighted by atomic mass is 10.1. The van der Waals surface area contributed by atoms with Crippen LogP contribution >= 0.6 is 0 Å². The number of methoxy groups -OCH3 is 1. The quantitative estimate of drug-likeness (QED) is 0.699. The van der Waals surface area contributed by atoms with E-state index in [0.717, 1.165) is 22.6 Å². The van der Waals surface area contributed by atoms with Gasteiger partial charge in [0.15, 0.2) is 0 Å². The molecule has 3 heteroatoms. The summed E-state index contributed by atoms with van der Waals surface area (Å²) in [4.78, 5) is 4.21. The van der Waals surface area contributed by atoms with Gasteiger partial charge >= 0.3 is 0 Å². The molecule has 0 atom stereocenters. The van der Waals surface area contributed by atoms with Gasteiger partial charge in [-0.05, 0) is 20.8 Å². The van der Waals surface area contributed by atoms with Gasteiger partial charge in [-0.15, -0.1) is 0 Å². The predicted molar refractivity (Wildman–Crippen MR) is 50.0 cm³/mol. The van der Waals surface area contributed by atoms with Gasteiger partial charge in [-0.2, -0.15) is 0 Å². The summed E-state index contributed by atoms with van der Waals surface area (Å²) in [5.41, 5.74) is 3.26. The van der Waals surface area contributed by atoms with Crippen molar-refractivity contribution in [3.63, 3.8) is 0 Å². The molecule has 0 aliphatic carbocycles. The second-order valence-electron chi connectivity index (χ2n) is 2.68. The van der Waals surface area contributed by atoms with Crippen molar-refractivity contribution in [3.05, 3.63) is 23.0 Å². The SMILES string of the molecule is COc1c(C)cnc(C)c1C.N. The van der Waals surface area contributed by atoms with Crippen LogP contribution in [0.1, 0.15) is 16.8 Å². The van der Waals surface area contributed by atoms with Gasteiger partial charge in [-0.25, -0.2) is 0 Å². The van der Waals surface area contributed by atoms with Crippen molar-refractivity contribution in [1.82, 2.24) is 11.1 Å². The highest BCUT2D eigenvalue weighted by molar-refractivity contribution is 5.40. The predicted octanol–water partition coefficient (Wildman–Crippen LogP) is 2.18. The van der Waals surface area contributed by atoms with Crippen LogP contribution in [0.5, 0.6) is 5.75 Å². The average molecular weight is 168 g/mol. The second kappa shape index (κ2) is 4.07. The maximum absolute atomic E-state index is 5.22. The molecule has 3 N–H and O–H groups in total. The van der Waals surface area contributed by atoms with Crippen LogP contribution in [-0.4, -0.2) is 12.1 Å². The van der Waals surface area contributed by atoms with Gasteiger partial charge in [0.2, 0.25) is 0 Å². The number of ether oxygens (including phenoxy) is 1. The molecular formula is C9H16N2O. The molecule has 0 saturated heterocycles. The maximum Gasteiger partial charge on any atom is 0.128 e. The Balaban J connectivity index is 0.00000121. The lowest BCUT2D eigenvalue weighted by Gasteiger charge is -2.08. The zero-order valence-electron chi connectivity index (χ0n) is 8.14. The fourth-order valence-electron chi connectivity index (χ4n) is 1.12. The standard InChI is InChI=1S/C9H13NO.H3N/c1-6-5-10-8(3)7(2)9(6)11-4;/h5H,1-4H3;1H3. The van der Waals surface area contributed by atoms with E-state index in [1.807, 2.05) is 27.0 Å². The van der Waals surface area contributed by atoms with E-state index in [1.165, 1.54) is 0 Å². The zero-order valence-corrected chi connectivity index (χ0v) is 8.14. The largest absolute Gasteiger partial charge is 0.496 e. The summed E-state index contributed by atoms with van der Waals surface area (Å²) in [5, 5.41) is 0. The maximum atomic E-state index is 5.22. The van der Waals surface area contributed by atoms with Crippen molar-refractivity contribution in [1.29, 1.82) is 0 Å². The van der Waals surface area contributed by atoms with Crippen molar-refractivity contribution in [3.8, 4) is 5.75 Å². The van der Waals surface area contributed by atoms with Crippen LogP contribution in [0, 0.1) is 20.8 Å². The first-order valence-electron chi connectivity index (χ1n) is 3.63. The summed E-state index contributed by atoms with van der Waals surface area (Å²) in [5.74, 6) is 0.956. The summed E-state index contributed by atoms with van der Waals surface area (Å²) in [6, 6.07) is 0. The van der Waals surface area contributed by atoms with Gasteiger partial charge in [-0.1, -0.05) is 0 Å². The molecule has 0 saturated carbocycles. The first-order valence-corrected chi connectivity index (χ1v) is 3.63. The van der Waals surface area contributed by atoms with Gasteiger partial charge in [0.25, 0.3) is 0 Å². The average Bonchev–Trinajstić information content (AvgIpc) is 1.99. The number of nitrogens with zero attached hydrogens (tertiary/aromatic N) is 1. The third kappa shape index (κ3) is 1.74. The molecule has 0 bridgehead atoms. The highest BCUT2D eigenvalue weighted by atomic mass is 16.5. The Morgan fingerprint density at radius 3 is 2.25 bits per heavy atom. The van der Waals surface area contributed by atoms with Crippen LogP contribution in [0.25, 0.3) is 0 Å². The van der Waals surface area contributed by atoms with Gasteiger partial charge in [-0.3, -0.25) is 4.98 Å². The van der Waals surface area contributed by atoms with E-state index >= 15 is 0 Å². The van der Waals surface area contributed by atoms with E-state index < -0.39 is 0 Å². The van der Waals surface area contributed by atoms with Crippen LogP contribution in [0.4, 0.5) is 0 Å². The number of aryl methyl sites for hydroxylation is 2.